The second-order valence-electron chi connectivity index (χ2n) is 16.0. The fourth-order valence-electron chi connectivity index (χ4n) is 7.59. The van der Waals surface area contributed by atoms with E-state index in [2.05, 4.69) is 22.5 Å². The highest BCUT2D eigenvalue weighted by Crippen LogP contribution is 2.42. The van der Waals surface area contributed by atoms with Crippen LogP contribution in [0.2, 0.25) is 0 Å². The number of fused-ring (bicyclic) bond motifs is 4. The maximum atomic E-state index is 13.4. The number of nitrogens with zero attached hydrogens (tertiary/aromatic N) is 3. The molecule has 0 saturated carbocycles. The van der Waals surface area contributed by atoms with E-state index in [1.54, 1.807) is 17.0 Å². The normalized spacial score (nSPS) is 11.7. The quantitative estimate of drug-likeness (QED) is 0.0403. The van der Waals surface area contributed by atoms with Crippen LogP contribution in [0.3, 0.4) is 0 Å². The molecule has 4 aromatic rings. The fraction of sp³-hybridized carbons (Fsp3) is 0.288. The van der Waals surface area contributed by atoms with Gasteiger partial charge in [-0.25, -0.2) is 9.37 Å². The Hall–Kier alpha value is -7.31. The number of ether oxygens (including phenoxy) is 3. The Morgan fingerprint density at radius 3 is 2.14 bits per heavy atom. The molecule has 66 heavy (non-hydrogen) atoms. The first-order valence-electron chi connectivity index (χ1n) is 21.8. The van der Waals surface area contributed by atoms with Gasteiger partial charge in [-0.2, -0.15) is 0 Å². The summed E-state index contributed by atoms with van der Waals surface area (Å²) in [5.74, 6) is 5.02. The Kier molecular flexibility index (Phi) is 15.6. The maximum absolute atomic E-state index is 13.4. The molecule has 1 aliphatic carbocycles. The summed E-state index contributed by atoms with van der Waals surface area (Å²) in [6, 6.07) is 31.6. The molecule has 2 aliphatic heterocycles. The van der Waals surface area contributed by atoms with Gasteiger partial charge in [-0.15, -0.1) is 0 Å². The van der Waals surface area contributed by atoms with Crippen molar-refractivity contribution in [3.63, 3.8) is 0 Å². The number of carbonyl (C=O) groups is 4. The zero-order chi connectivity index (χ0) is 46.6. The first kappa shape index (κ1) is 46.7. The SMILES string of the molecule is CN(C)c1ccc2c(-c3ccc(C(=O)NCCOCCOCCOCCNC(=O)CCC(=O)N4Cc5ccccc5C#Cc5ccccc54)cc3C(=O)O)c3ccc(=[N+](C)C)cc-3oc2c1. The fourth-order valence-corrected chi connectivity index (χ4v) is 7.59. The molecule has 340 valence electrons. The smallest absolute Gasteiger partial charge is 0.336 e. The summed E-state index contributed by atoms with van der Waals surface area (Å²) in [5.41, 5.74) is 6.98. The van der Waals surface area contributed by atoms with Gasteiger partial charge in [0.1, 0.15) is 25.4 Å². The number of rotatable bonds is 19. The number of carbonyl (C=O) groups excluding carboxylic acids is 3. The predicted molar refractivity (Wildman–Crippen MR) is 254 cm³/mol. The van der Waals surface area contributed by atoms with E-state index < -0.39 is 11.9 Å². The Balaban J connectivity index is 0.800. The van der Waals surface area contributed by atoms with Crippen molar-refractivity contribution in [2.75, 3.05) is 90.7 Å². The van der Waals surface area contributed by atoms with Crippen molar-refractivity contribution in [2.24, 2.45) is 0 Å². The lowest BCUT2D eigenvalue weighted by atomic mass is 9.89. The summed E-state index contributed by atoms with van der Waals surface area (Å²) in [6.45, 7) is 2.65. The molecule has 4 aromatic carbocycles. The lowest BCUT2D eigenvalue weighted by Crippen LogP contribution is -2.34. The molecule has 3 aliphatic rings. The van der Waals surface area contributed by atoms with Crippen LogP contribution in [-0.4, -0.2) is 110 Å². The minimum absolute atomic E-state index is 0.00950. The van der Waals surface area contributed by atoms with Crippen LogP contribution in [0.1, 0.15) is 50.2 Å². The molecule has 14 nitrogen and oxygen atoms in total. The molecule has 0 atom stereocenters. The van der Waals surface area contributed by atoms with Crippen LogP contribution < -0.4 is 30.4 Å². The minimum atomic E-state index is -1.16. The Bertz CT molecular complexity index is 2850. The number of carboxylic acids is 1. The van der Waals surface area contributed by atoms with E-state index in [-0.39, 0.29) is 55.5 Å². The summed E-state index contributed by atoms with van der Waals surface area (Å²) in [4.78, 5) is 55.5. The number of hydrogen-bond acceptors (Lipinski definition) is 9. The molecule has 7 rings (SSSR count). The molecule has 0 bridgehead atoms. The first-order valence-corrected chi connectivity index (χ1v) is 21.8. The van der Waals surface area contributed by atoms with Crippen molar-refractivity contribution >= 4 is 46.0 Å². The second-order valence-corrected chi connectivity index (χ2v) is 16.0. The van der Waals surface area contributed by atoms with E-state index in [1.165, 1.54) is 6.07 Å². The van der Waals surface area contributed by atoms with Crippen LogP contribution in [-0.2, 0) is 30.3 Å². The van der Waals surface area contributed by atoms with Crippen LogP contribution in [0.15, 0.2) is 108 Å². The highest BCUT2D eigenvalue weighted by molar-refractivity contribution is 6.09. The van der Waals surface area contributed by atoms with Gasteiger partial charge in [0.15, 0.2) is 0 Å². The highest BCUT2D eigenvalue weighted by Gasteiger charge is 2.25. The van der Waals surface area contributed by atoms with Crippen LogP contribution in [0.25, 0.3) is 33.4 Å². The number of carboxylic acid groups (broad SMARTS) is 1. The van der Waals surface area contributed by atoms with Crippen molar-refractivity contribution in [2.45, 2.75) is 19.4 Å². The Labute approximate surface area is 383 Å². The van der Waals surface area contributed by atoms with Crippen molar-refractivity contribution in [3.8, 4) is 34.3 Å². The highest BCUT2D eigenvalue weighted by atomic mass is 16.5. The van der Waals surface area contributed by atoms with Gasteiger partial charge in [-0.05, 0) is 59.7 Å². The molecule has 0 aromatic heterocycles. The lowest BCUT2D eigenvalue weighted by molar-refractivity contribution is -0.125. The third-order valence-corrected chi connectivity index (χ3v) is 11.1. The van der Waals surface area contributed by atoms with Crippen molar-refractivity contribution < 1.29 is 42.9 Å². The summed E-state index contributed by atoms with van der Waals surface area (Å²) in [7, 11) is 7.76. The Morgan fingerprint density at radius 1 is 0.742 bits per heavy atom. The van der Waals surface area contributed by atoms with Gasteiger partial charge in [0.25, 0.3) is 5.91 Å². The molecule has 3 N–H and O–H groups in total. The molecule has 2 heterocycles. The van der Waals surface area contributed by atoms with Crippen LogP contribution >= 0.6 is 0 Å². The topological polar surface area (TPSA) is 163 Å². The van der Waals surface area contributed by atoms with E-state index >= 15 is 0 Å². The summed E-state index contributed by atoms with van der Waals surface area (Å²) < 4.78 is 25.1. The van der Waals surface area contributed by atoms with E-state index in [0.717, 1.165) is 44.4 Å². The van der Waals surface area contributed by atoms with E-state index in [9.17, 15) is 24.3 Å². The number of nitrogens with one attached hydrogen (secondary N) is 2. The molecular weight excluding hydrogens is 839 g/mol. The molecule has 0 radical (unpaired) electrons. The molecular formula is C52H54N5O9+. The maximum Gasteiger partial charge on any atom is 0.336 e. The largest absolute Gasteiger partial charge is 0.478 e. The predicted octanol–water partition coefficient (Wildman–Crippen LogP) is 5.62. The average molecular weight is 893 g/mol. The molecule has 0 spiro atoms. The van der Waals surface area contributed by atoms with Gasteiger partial charge in [-0.1, -0.05) is 48.2 Å². The molecule has 0 fully saturated rings. The van der Waals surface area contributed by atoms with E-state index in [1.807, 2.05) is 123 Å². The van der Waals surface area contributed by atoms with Crippen LogP contribution in [0, 0.1) is 11.8 Å². The van der Waals surface area contributed by atoms with Crippen molar-refractivity contribution in [1.82, 2.24) is 15.2 Å². The average Bonchev–Trinajstić information content (AvgIpc) is 3.31. The number of amides is 3. The van der Waals surface area contributed by atoms with Crippen LogP contribution in [0.4, 0.5) is 11.4 Å². The van der Waals surface area contributed by atoms with E-state index in [0.29, 0.717) is 62.0 Å². The number of anilines is 2. The van der Waals surface area contributed by atoms with Gasteiger partial charge in [0.2, 0.25) is 17.2 Å². The molecule has 3 amide bonds. The van der Waals surface area contributed by atoms with Crippen LogP contribution in [0.5, 0.6) is 0 Å². The van der Waals surface area contributed by atoms with Crippen molar-refractivity contribution in [1.29, 1.82) is 0 Å². The van der Waals surface area contributed by atoms with Gasteiger partial charge in [0.05, 0.1) is 63.5 Å². The summed E-state index contributed by atoms with van der Waals surface area (Å²) in [6.07, 6.45) is 0.106. The number of benzene rings is 5. The first-order chi connectivity index (χ1) is 32.0. The lowest BCUT2D eigenvalue weighted by Gasteiger charge is -2.26. The molecule has 0 saturated heterocycles. The van der Waals surface area contributed by atoms with E-state index in [4.69, 9.17) is 18.6 Å². The number of para-hydroxylation sites is 1. The summed E-state index contributed by atoms with van der Waals surface area (Å²) >= 11 is 0. The zero-order valence-corrected chi connectivity index (χ0v) is 37.6. The zero-order valence-electron chi connectivity index (χ0n) is 37.6. The molecule has 0 unspecified atom stereocenters. The van der Waals surface area contributed by atoms with Gasteiger partial charge in [-0.3, -0.25) is 14.4 Å². The Morgan fingerprint density at radius 2 is 1.41 bits per heavy atom. The third kappa shape index (κ3) is 11.5. The third-order valence-electron chi connectivity index (χ3n) is 11.1. The van der Waals surface area contributed by atoms with Gasteiger partial charge in [0, 0.05) is 91.1 Å². The standard InChI is InChI=1S/C52H53N5O9/c1-55(2)39-16-19-42-46(32-39)66-47-33-40(56(3)4)17-20-43(47)50(42)41-18-15-37(31-44(41)52(61)62)51(60)54-24-26-64-28-30-65-29-27-63-25-23-53-48(58)21-22-49(59)57-34-38-11-6-5-9-35(38)13-14-36-10-7-8-12-45(36)57/h5-12,15-20,31-33H,21-30,34H2,1-4H3,(H2-,53,54,58,60,61,62)/p+1. The number of hydrogen-bond donors (Lipinski definition) is 3. The molecule has 14 heteroatoms. The van der Waals surface area contributed by atoms with Crippen molar-refractivity contribution in [3.05, 3.63) is 136 Å². The van der Waals surface area contributed by atoms with Gasteiger partial charge < -0.3 is 44.2 Å². The second kappa shape index (κ2) is 22.1. The summed E-state index contributed by atoms with van der Waals surface area (Å²) in [5, 5.41) is 17.7. The minimum Gasteiger partial charge on any atom is -0.478 e. The number of aromatic carboxylic acids is 1. The van der Waals surface area contributed by atoms with Gasteiger partial charge >= 0.3 is 5.97 Å². The monoisotopic (exact) mass is 892 g/mol.